The molecule has 2 heterocycles. The van der Waals surface area contributed by atoms with Crippen molar-refractivity contribution in [2.75, 3.05) is 26.2 Å². The second-order valence-electron chi connectivity index (χ2n) is 6.00. The largest absolute Gasteiger partial charge is 0.478 e. The molecule has 0 radical (unpaired) electrons. The van der Waals surface area contributed by atoms with E-state index in [0.29, 0.717) is 13.1 Å². The lowest BCUT2D eigenvalue weighted by Gasteiger charge is -2.43. The molecule has 1 N–H and O–H groups in total. The van der Waals surface area contributed by atoms with Crippen LogP contribution < -0.4 is 0 Å². The van der Waals surface area contributed by atoms with Crippen molar-refractivity contribution in [1.29, 1.82) is 0 Å². The summed E-state index contributed by atoms with van der Waals surface area (Å²) in [5.74, 6) is -1.23. The van der Waals surface area contributed by atoms with E-state index in [9.17, 15) is 13.2 Å². The fourth-order valence-electron chi connectivity index (χ4n) is 3.32. The third kappa shape index (κ3) is 3.24. The van der Waals surface area contributed by atoms with E-state index in [1.54, 1.807) is 0 Å². The van der Waals surface area contributed by atoms with Crippen LogP contribution in [0.4, 0.5) is 0 Å². The number of nitrogens with zero attached hydrogens (tertiary/aromatic N) is 2. The van der Waals surface area contributed by atoms with Crippen molar-refractivity contribution in [2.24, 2.45) is 0 Å². The molecular weight excluding hydrogens is 340 g/mol. The van der Waals surface area contributed by atoms with Gasteiger partial charge in [0.15, 0.2) is 0 Å². The second-order valence-corrected chi connectivity index (χ2v) is 8.34. The van der Waals surface area contributed by atoms with Gasteiger partial charge in [-0.3, -0.25) is 4.90 Å². The normalized spacial score (nSPS) is 23.4. The van der Waals surface area contributed by atoms with Gasteiger partial charge in [0.05, 0.1) is 15.5 Å². The van der Waals surface area contributed by atoms with Crippen LogP contribution in [0.2, 0.25) is 5.02 Å². The third-order valence-electron chi connectivity index (χ3n) is 4.61. The summed E-state index contributed by atoms with van der Waals surface area (Å²) in [7, 11) is -3.70. The average molecular weight is 359 g/mol. The lowest BCUT2D eigenvalue weighted by atomic mass is 10.0. The molecule has 0 amide bonds. The van der Waals surface area contributed by atoms with E-state index >= 15 is 0 Å². The van der Waals surface area contributed by atoms with Gasteiger partial charge in [-0.1, -0.05) is 18.0 Å². The van der Waals surface area contributed by atoms with Gasteiger partial charge in [0.2, 0.25) is 10.0 Å². The number of piperazine rings is 1. The van der Waals surface area contributed by atoms with Crippen LogP contribution in [-0.2, 0) is 10.0 Å². The Kier molecular flexibility index (Phi) is 4.64. The van der Waals surface area contributed by atoms with E-state index in [-0.39, 0.29) is 21.5 Å². The van der Waals surface area contributed by atoms with Crippen molar-refractivity contribution >= 4 is 27.6 Å². The Balaban J connectivity index is 1.87. The van der Waals surface area contributed by atoms with E-state index in [0.717, 1.165) is 32.0 Å². The summed E-state index contributed by atoms with van der Waals surface area (Å²) in [4.78, 5) is 13.5. The third-order valence-corrected chi connectivity index (χ3v) is 6.80. The minimum absolute atomic E-state index is 0.0106. The number of carboxylic acids is 1. The molecule has 0 aromatic heterocycles. The maximum atomic E-state index is 12.8. The maximum Gasteiger partial charge on any atom is 0.337 e. The summed E-state index contributed by atoms with van der Waals surface area (Å²) in [6.45, 7) is 2.66. The van der Waals surface area contributed by atoms with Gasteiger partial charge in [0.1, 0.15) is 0 Å². The van der Waals surface area contributed by atoms with E-state index in [2.05, 4.69) is 4.90 Å². The highest BCUT2D eigenvalue weighted by Gasteiger charge is 2.35. The molecule has 1 atom stereocenters. The van der Waals surface area contributed by atoms with Gasteiger partial charge in [-0.25, -0.2) is 13.2 Å². The molecular formula is C15H19ClN2O4S. The van der Waals surface area contributed by atoms with Crippen LogP contribution >= 0.6 is 11.6 Å². The molecule has 2 aliphatic rings. The zero-order valence-electron chi connectivity index (χ0n) is 12.6. The standard InChI is InChI=1S/C15H19ClN2O4S/c16-14-5-4-12(9-13(14)15(19)20)23(21,22)18-8-7-17-6-2-1-3-11(17)10-18/h4-5,9,11H,1-3,6-8,10H2,(H,19,20). The molecule has 3 rings (SSSR count). The number of benzene rings is 1. The first-order valence-corrected chi connectivity index (χ1v) is 9.48. The van der Waals surface area contributed by atoms with Crippen LogP contribution in [0.3, 0.4) is 0 Å². The molecule has 2 saturated heterocycles. The topological polar surface area (TPSA) is 77.9 Å². The van der Waals surface area contributed by atoms with Crippen LogP contribution in [0, 0.1) is 0 Å². The highest BCUT2D eigenvalue weighted by molar-refractivity contribution is 7.89. The number of piperidine rings is 1. The summed E-state index contributed by atoms with van der Waals surface area (Å²) < 4.78 is 27.1. The van der Waals surface area contributed by atoms with Gasteiger partial charge in [0.25, 0.3) is 0 Å². The molecule has 0 saturated carbocycles. The average Bonchev–Trinajstić information content (AvgIpc) is 2.54. The molecule has 0 spiro atoms. The number of aromatic carboxylic acids is 1. The van der Waals surface area contributed by atoms with E-state index < -0.39 is 16.0 Å². The molecule has 0 aliphatic carbocycles. The molecule has 2 aliphatic heterocycles. The molecule has 1 aromatic carbocycles. The Bertz CT molecular complexity index is 722. The SMILES string of the molecule is O=C(O)c1cc(S(=O)(=O)N2CCN3CCCCC3C2)ccc1Cl. The van der Waals surface area contributed by atoms with Crippen LogP contribution in [0.1, 0.15) is 29.6 Å². The number of halogens is 1. The van der Waals surface area contributed by atoms with Crippen LogP contribution in [0.25, 0.3) is 0 Å². The monoisotopic (exact) mass is 358 g/mol. The Morgan fingerprint density at radius 3 is 2.74 bits per heavy atom. The molecule has 0 bridgehead atoms. The number of hydrogen-bond acceptors (Lipinski definition) is 4. The van der Waals surface area contributed by atoms with Crippen LogP contribution in [0.5, 0.6) is 0 Å². The minimum Gasteiger partial charge on any atom is -0.478 e. The highest BCUT2D eigenvalue weighted by atomic mass is 35.5. The number of rotatable bonds is 3. The Morgan fingerprint density at radius 2 is 2.00 bits per heavy atom. The Hall–Kier alpha value is -1.15. The van der Waals surface area contributed by atoms with Crippen molar-refractivity contribution in [3.8, 4) is 0 Å². The molecule has 23 heavy (non-hydrogen) atoms. The highest BCUT2D eigenvalue weighted by Crippen LogP contribution is 2.27. The zero-order chi connectivity index (χ0) is 16.6. The number of sulfonamides is 1. The van der Waals surface area contributed by atoms with Gasteiger partial charge in [-0.05, 0) is 37.6 Å². The van der Waals surface area contributed by atoms with Crippen molar-refractivity contribution in [2.45, 2.75) is 30.2 Å². The number of carboxylic acid groups (broad SMARTS) is 1. The molecule has 1 aromatic rings. The van der Waals surface area contributed by atoms with E-state index in [1.807, 2.05) is 0 Å². The zero-order valence-corrected chi connectivity index (χ0v) is 14.2. The molecule has 1 unspecified atom stereocenters. The fraction of sp³-hybridized carbons (Fsp3) is 0.533. The summed E-state index contributed by atoms with van der Waals surface area (Å²) in [6.07, 6.45) is 3.30. The smallest absolute Gasteiger partial charge is 0.337 e. The van der Waals surface area contributed by atoms with Gasteiger partial charge >= 0.3 is 5.97 Å². The van der Waals surface area contributed by atoms with Gasteiger partial charge in [-0.2, -0.15) is 4.31 Å². The second kappa shape index (κ2) is 6.39. The fourth-order valence-corrected chi connectivity index (χ4v) is 5.02. The first-order chi connectivity index (χ1) is 10.9. The van der Waals surface area contributed by atoms with Gasteiger partial charge < -0.3 is 5.11 Å². The maximum absolute atomic E-state index is 12.8. The molecule has 6 nitrogen and oxygen atoms in total. The Labute approximate surface area is 140 Å². The van der Waals surface area contributed by atoms with Crippen molar-refractivity contribution < 1.29 is 18.3 Å². The van der Waals surface area contributed by atoms with Gasteiger partial charge in [0, 0.05) is 25.7 Å². The van der Waals surface area contributed by atoms with Gasteiger partial charge in [-0.15, -0.1) is 0 Å². The van der Waals surface area contributed by atoms with Crippen LogP contribution in [-0.4, -0.2) is 60.9 Å². The molecule has 2 fully saturated rings. The summed E-state index contributed by atoms with van der Waals surface area (Å²) >= 11 is 5.82. The van der Waals surface area contributed by atoms with E-state index in [4.69, 9.17) is 16.7 Å². The first kappa shape index (κ1) is 16.7. The molecule has 8 heteroatoms. The van der Waals surface area contributed by atoms with E-state index in [1.165, 1.54) is 22.9 Å². The first-order valence-electron chi connectivity index (χ1n) is 7.66. The lowest BCUT2D eigenvalue weighted by Crippen LogP contribution is -2.56. The number of hydrogen-bond donors (Lipinski definition) is 1. The quantitative estimate of drug-likeness (QED) is 0.892. The molecule has 126 valence electrons. The minimum atomic E-state index is -3.70. The number of fused-ring (bicyclic) bond motifs is 1. The van der Waals surface area contributed by atoms with Crippen molar-refractivity contribution in [1.82, 2.24) is 9.21 Å². The summed E-state index contributed by atoms with van der Waals surface area (Å²) in [5, 5.41) is 9.16. The Morgan fingerprint density at radius 1 is 1.22 bits per heavy atom. The predicted molar refractivity (Wildman–Crippen MR) is 86.4 cm³/mol. The number of carbonyl (C=O) groups is 1. The van der Waals surface area contributed by atoms with Crippen molar-refractivity contribution in [3.05, 3.63) is 28.8 Å². The summed E-state index contributed by atoms with van der Waals surface area (Å²) in [5.41, 5.74) is -0.191. The van der Waals surface area contributed by atoms with Crippen molar-refractivity contribution in [3.63, 3.8) is 0 Å². The predicted octanol–water partition coefficient (Wildman–Crippen LogP) is 1.90. The summed E-state index contributed by atoms with van der Waals surface area (Å²) in [6, 6.07) is 4.11. The lowest BCUT2D eigenvalue weighted by molar-refractivity contribution is 0.0696. The van der Waals surface area contributed by atoms with Crippen LogP contribution in [0.15, 0.2) is 23.1 Å².